The van der Waals surface area contributed by atoms with Gasteiger partial charge in [-0.25, -0.2) is 4.98 Å². The molecule has 0 fully saturated rings. The second-order valence-corrected chi connectivity index (χ2v) is 7.57. The first-order valence-electron chi connectivity index (χ1n) is 8.67. The first kappa shape index (κ1) is 17.5. The molecule has 0 radical (unpaired) electrons. The van der Waals surface area contributed by atoms with Crippen LogP contribution in [0.25, 0.3) is 10.2 Å². The number of hydrogen-bond donors (Lipinski definition) is 1. The molecule has 1 aromatic carbocycles. The minimum atomic E-state index is -0.183. The fourth-order valence-electron chi connectivity index (χ4n) is 3.00. The van der Waals surface area contributed by atoms with Gasteiger partial charge in [0, 0.05) is 29.6 Å². The van der Waals surface area contributed by atoms with Gasteiger partial charge in [-0.3, -0.25) is 14.2 Å². The third kappa shape index (κ3) is 3.40. The van der Waals surface area contributed by atoms with Crippen LogP contribution in [-0.2, 0) is 11.3 Å². The number of carbonyl (C=O) groups is 1. The highest BCUT2D eigenvalue weighted by molar-refractivity contribution is 7.18. The van der Waals surface area contributed by atoms with Gasteiger partial charge < -0.3 is 14.8 Å². The number of anilines is 1. The van der Waals surface area contributed by atoms with Crippen molar-refractivity contribution < 1.29 is 14.3 Å². The van der Waals surface area contributed by atoms with Gasteiger partial charge in [0.1, 0.15) is 18.0 Å². The van der Waals surface area contributed by atoms with E-state index in [1.165, 1.54) is 22.2 Å². The van der Waals surface area contributed by atoms with Crippen molar-refractivity contribution in [3.63, 3.8) is 0 Å². The number of hydrogen-bond acceptors (Lipinski definition) is 6. The molecule has 8 heteroatoms. The molecule has 7 nitrogen and oxygen atoms in total. The summed E-state index contributed by atoms with van der Waals surface area (Å²) >= 11 is 1.51. The normalized spacial score (nSPS) is 13.0. The molecule has 3 aromatic rings. The maximum Gasteiger partial charge on any atom is 0.262 e. The second kappa shape index (κ2) is 7.03. The summed E-state index contributed by atoms with van der Waals surface area (Å²) in [5.41, 5.74) is 1.49. The highest BCUT2D eigenvalue weighted by atomic mass is 32.1. The number of ether oxygens (including phenoxy) is 2. The van der Waals surface area contributed by atoms with Gasteiger partial charge in [-0.2, -0.15) is 0 Å². The van der Waals surface area contributed by atoms with Crippen molar-refractivity contribution in [3.05, 3.63) is 45.3 Å². The molecule has 0 saturated heterocycles. The van der Waals surface area contributed by atoms with Crippen LogP contribution in [0.4, 0.5) is 5.69 Å². The maximum absolute atomic E-state index is 12.7. The average Bonchev–Trinajstić information content (AvgIpc) is 2.96. The van der Waals surface area contributed by atoms with Gasteiger partial charge in [0.15, 0.2) is 11.5 Å². The number of aryl methyl sites for hydroxylation is 3. The van der Waals surface area contributed by atoms with Crippen LogP contribution >= 0.6 is 11.3 Å². The first-order valence-corrected chi connectivity index (χ1v) is 9.49. The molecule has 140 valence electrons. The summed E-state index contributed by atoms with van der Waals surface area (Å²) in [4.78, 5) is 31.1. The Kier molecular flexibility index (Phi) is 4.57. The SMILES string of the molecule is Cc1sc2ncn(CCC(=O)Nc3ccc4c(c3)OCCO4)c(=O)c2c1C. The summed E-state index contributed by atoms with van der Waals surface area (Å²) in [5.74, 6) is 1.11. The number of carbonyl (C=O) groups excluding carboxylic acids is 1. The number of nitrogens with one attached hydrogen (secondary N) is 1. The lowest BCUT2D eigenvalue weighted by molar-refractivity contribution is -0.116. The van der Waals surface area contributed by atoms with E-state index in [2.05, 4.69) is 10.3 Å². The minimum Gasteiger partial charge on any atom is -0.486 e. The van der Waals surface area contributed by atoms with E-state index in [9.17, 15) is 9.59 Å². The van der Waals surface area contributed by atoms with Gasteiger partial charge in [-0.15, -0.1) is 11.3 Å². The molecular weight excluding hydrogens is 366 g/mol. The monoisotopic (exact) mass is 385 g/mol. The standard InChI is InChI=1S/C19H19N3O4S/c1-11-12(2)27-18-17(11)19(24)22(10-20-18)6-5-16(23)21-13-3-4-14-15(9-13)26-8-7-25-14/h3-4,9-10H,5-8H2,1-2H3,(H,21,23). The summed E-state index contributed by atoms with van der Waals surface area (Å²) in [7, 11) is 0. The zero-order valence-electron chi connectivity index (χ0n) is 15.1. The van der Waals surface area contributed by atoms with Crippen LogP contribution in [0.2, 0.25) is 0 Å². The Hall–Kier alpha value is -2.87. The van der Waals surface area contributed by atoms with Gasteiger partial charge in [-0.05, 0) is 31.5 Å². The van der Waals surface area contributed by atoms with E-state index in [1.54, 1.807) is 18.2 Å². The summed E-state index contributed by atoms with van der Waals surface area (Å²) < 4.78 is 12.5. The highest BCUT2D eigenvalue weighted by Gasteiger charge is 2.14. The first-order chi connectivity index (χ1) is 13.0. The predicted octanol–water partition coefficient (Wildman–Crippen LogP) is 2.87. The largest absolute Gasteiger partial charge is 0.486 e. The van der Waals surface area contributed by atoms with Crippen molar-refractivity contribution in [3.8, 4) is 11.5 Å². The average molecular weight is 385 g/mol. The molecule has 0 saturated carbocycles. The Morgan fingerprint density at radius 2 is 2.04 bits per heavy atom. The van der Waals surface area contributed by atoms with Gasteiger partial charge in [0.2, 0.25) is 5.91 Å². The summed E-state index contributed by atoms with van der Waals surface area (Å²) in [6.07, 6.45) is 1.68. The smallest absolute Gasteiger partial charge is 0.262 e. The number of benzene rings is 1. The highest BCUT2D eigenvalue weighted by Crippen LogP contribution is 2.32. The summed E-state index contributed by atoms with van der Waals surface area (Å²) in [6, 6.07) is 5.28. The third-order valence-corrected chi connectivity index (χ3v) is 5.68. The van der Waals surface area contributed by atoms with Crippen molar-refractivity contribution in [1.82, 2.24) is 9.55 Å². The van der Waals surface area contributed by atoms with Crippen LogP contribution in [0.1, 0.15) is 16.9 Å². The molecule has 3 heterocycles. The number of fused-ring (bicyclic) bond motifs is 2. The molecule has 27 heavy (non-hydrogen) atoms. The molecule has 0 atom stereocenters. The Bertz CT molecular complexity index is 1090. The van der Waals surface area contributed by atoms with Crippen LogP contribution in [0.3, 0.4) is 0 Å². The van der Waals surface area contributed by atoms with E-state index in [4.69, 9.17) is 9.47 Å². The van der Waals surface area contributed by atoms with Crippen molar-refractivity contribution >= 4 is 33.1 Å². The van der Waals surface area contributed by atoms with Crippen molar-refractivity contribution in [1.29, 1.82) is 0 Å². The molecule has 0 unspecified atom stereocenters. The molecule has 1 aliphatic rings. The Morgan fingerprint density at radius 1 is 1.26 bits per heavy atom. The van der Waals surface area contributed by atoms with Gasteiger partial charge in [0.05, 0.1) is 11.7 Å². The molecule has 1 amide bonds. The van der Waals surface area contributed by atoms with E-state index < -0.39 is 0 Å². The third-order valence-electron chi connectivity index (χ3n) is 4.56. The number of amides is 1. The van der Waals surface area contributed by atoms with E-state index in [0.717, 1.165) is 15.3 Å². The topological polar surface area (TPSA) is 82.5 Å². The van der Waals surface area contributed by atoms with Crippen molar-refractivity contribution in [2.75, 3.05) is 18.5 Å². The molecule has 1 N–H and O–H groups in total. The van der Waals surface area contributed by atoms with Crippen molar-refractivity contribution in [2.45, 2.75) is 26.8 Å². The Balaban J connectivity index is 1.45. The molecular formula is C19H19N3O4S. The van der Waals surface area contributed by atoms with E-state index in [-0.39, 0.29) is 24.4 Å². The van der Waals surface area contributed by atoms with Crippen LogP contribution in [0.15, 0.2) is 29.3 Å². The zero-order valence-corrected chi connectivity index (χ0v) is 15.9. The molecule has 0 aliphatic carbocycles. The second-order valence-electron chi connectivity index (χ2n) is 6.36. The zero-order chi connectivity index (χ0) is 19.0. The van der Waals surface area contributed by atoms with E-state index in [0.29, 0.717) is 35.8 Å². The fraction of sp³-hybridized carbons (Fsp3) is 0.316. The van der Waals surface area contributed by atoms with Crippen LogP contribution < -0.4 is 20.3 Å². The van der Waals surface area contributed by atoms with Gasteiger partial charge in [0.25, 0.3) is 5.56 Å². The number of rotatable bonds is 4. The molecule has 4 rings (SSSR count). The lowest BCUT2D eigenvalue weighted by Crippen LogP contribution is -2.23. The fourth-order valence-corrected chi connectivity index (χ4v) is 3.98. The summed E-state index contributed by atoms with van der Waals surface area (Å²) in [5, 5.41) is 3.47. The van der Waals surface area contributed by atoms with Crippen molar-refractivity contribution in [2.24, 2.45) is 0 Å². The molecule has 0 spiro atoms. The Morgan fingerprint density at radius 3 is 2.85 bits per heavy atom. The number of aromatic nitrogens is 2. The van der Waals surface area contributed by atoms with Crippen LogP contribution in [0.5, 0.6) is 11.5 Å². The number of nitrogens with zero attached hydrogens (tertiary/aromatic N) is 2. The van der Waals surface area contributed by atoms with Gasteiger partial charge in [-0.1, -0.05) is 0 Å². The molecule has 0 bridgehead atoms. The number of thiophene rings is 1. The maximum atomic E-state index is 12.7. The van der Waals surface area contributed by atoms with Crippen LogP contribution in [-0.4, -0.2) is 28.7 Å². The molecule has 2 aromatic heterocycles. The molecule has 1 aliphatic heterocycles. The lowest BCUT2D eigenvalue weighted by atomic mass is 10.2. The Labute approximate surface area is 159 Å². The summed E-state index contributed by atoms with van der Waals surface area (Å²) in [6.45, 7) is 5.19. The predicted molar refractivity (Wildman–Crippen MR) is 104 cm³/mol. The quantitative estimate of drug-likeness (QED) is 0.747. The minimum absolute atomic E-state index is 0.103. The van der Waals surface area contributed by atoms with E-state index >= 15 is 0 Å². The lowest BCUT2D eigenvalue weighted by Gasteiger charge is -2.19. The van der Waals surface area contributed by atoms with Crippen LogP contribution in [0, 0.1) is 13.8 Å². The van der Waals surface area contributed by atoms with E-state index in [1.807, 2.05) is 13.8 Å². The van der Waals surface area contributed by atoms with Gasteiger partial charge >= 0.3 is 0 Å².